The number of halogens is 1. The van der Waals surface area contributed by atoms with Gasteiger partial charge in [-0.3, -0.25) is 4.79 Å². The zero-order valence-electron chi connectivity index (χ0n) is 12.0. The summed E-state index contributed by atoms with van der Waals surface area (Å²) in [6, 6.07) is 3.94. The summed E-state index contributed by atoms with van der Waals surface area (Å²) in [6.45, 7) is 3.11. The topological polar surface area (TPSA) is 92.7 Å². The molecule has 1 aromatic rings. The highest BCUT2D eigenvalue weighted by atomic mass is 35.5. The lowest BCUT2D eigenvalue weighted by atomic mass is 9.98. The van der Waals surface area contributed by atoms with Crippen LogP contribution in [-0.4, -0.2) is 32.1 Å². The molecule has 0 aliphatic carbocycles. The van der Waals surface area contributed by atoms with Crippen molar-refractivity contribution in [2.24, 2.45) is 0 Å². The van der Waals surface area contributed by atoms with Gasteiger partial charge in [-0.1, -0.05) is 24.9 Å². The van der Waals surface area contributed by atoms with Crippen LogP contribution in [0.4, 0.5) is 0 Å². The number of nitrogens with one attached hydrogen (secondary N) is 1. The quantitative estimate of drug-likeness (QED) is 0.797. The first kappa shape index (κ1) is 17.7. The molecule has 0 aliphatic heterocycles. The van der Waals surface area contributed by atoms with E-state index in [4.69, 9.17) is 16.3 Å². The lowest BCUT2D eigenvalue weighted by Gasteiger charge is -2.25. The predicted molar refractivity (Wildman–Crippen MR) is 79.3 cm³/mol. The highest BCUT2D eigenvalue weighted by molar-refractivity contribution is 7.89. The summed E-state index contributed by atoms with van der Waals surface area (Å²) < 4.78 is 31.8. The minimum absolute atomic E-state index is 0.114. The molecule has 0 heterocycles. The third kappa shape index (κ3) is 4.09. The monoisotopic (exact) mass is 335 g/mol. The third-order valence-electron chi connectivity index (χ3n) is 3.02. The average molecular weight is 336 g/mol. The molecule has 118 valence electrons. The number of rotatable bonds is 7. The van der Waals surface area contributed by atoms with E-state index in [0.29, 0.717) is 12.2 Å². The zero-order chi connectivity index (χ0) is 16.3. The highest BCUT2D eigenvalue weighted by Gasteiger charge is 2.37. The maximum absolute atomic E-state index is 12.3. The first-order valence-electron chi connectivity index (χ1n) is 6.27. The molecule has 0 saturated carbocycles. The fraction of sp³-hybridized carbons (Fsp3) is 0.462. The Bertz CT molecular complexity index is 631. The van der Waals surface area contributed by atoms with Crippen molar-refractivity contribution in [2.45, 2.75) is 37.1 Å². The van der Waals surface area contributed by atoms with Crippen LogP contribution in [-0.2, 0) is 14.8 Å². The SMILES string of the molecule is CCCC(C)(NS(=O)(=O)c1ccc(OC)c(Cl)c1)C(=O)O. The van der Waals surface area contributed by atoms with Crippen molar-refractivity contribution in [3.05, 3.63) is 23.2 Å². The van der Waals surface area contributed by atoms with E-state index in [2.05, 4.69) is 4.72 Å². The summed E-state index contributed by atoms with van der Waals surface area (Å²) in [5, 5.41) is 9.37. The van der Waals surface area contributed by atoms with E-state index in [-0.39, 0.29) is 16.3 Å². The molecule has 0 aromatic heterocycles. The molecule has 0 radical (unpaired) electrons. The molecule has 0 fully saturated rings. The Hall–Kier alpha value is -1.31. The smallest absolute Gasteiger partial charge is 0.324 e. The van der Waals surface area contributed by atoms with Crippen LogP contribution in [0.1, 0.15) is 26.7 Å². The van der Waals surface area contributed by atoms with Crippen molar-refractivity contribution in [2.75, 3.05) is 7.11 Å². The highest BCUT2D eigenvalue weighted by Crippen LogP contribution is 2.27. The molecule has 21 heavy (non-hydrogen) atoms. The summed E-state index contributed by atoms with van der Waals surface area (Å²) >= 11 is 5.90. The molecular formula is C13H18ClNO5S. The van der Waals surface area contributed by atoms with Crippen molar-refractivity contribution < 1.29 is 23.1 Å². The van der Waals surface area contributed by atoms with E-state index in [1.807, 2.05) is 0 Å². The van der Waals surface area contributed by atoms with Gasteiger partial charge in [0.15, 0.2) is 0 Å². The third-order valence-corrected chi connectivity index (χ3v) is 4.90. The Balaban J connectivity index is 3.16. The van der Waals surface area contributed by atoms with Gasteiger partial charge in [0.05, 0.1) is 17.0 Å². The summed E-state index contributed by atoms with van der Waals surface area (Å²) in [5.41, 5.74) is -1.57. The Labute approximate surface area is 129 Å². The van der Waals surface area contributed by atoms with E-state index in [1.54, 1.807) is 6.92 Å². The molecule has 6 nitrogen and oxygen atoms in total. The van der Waals surface area contributed by atoms with E-state index in [0.717, 1.165) is 0 Å². The molecule has 1 rings (SSSR count). The van der Waals surface area contributed by atoms with Crippen molar-refractivity contribution in [3.8, 4) is 5.75 Å². The molecule has 0 aliphatic rings. The van der Waals surface area contributed by atoms with Crippen LogP contribution in [0.5, 0.6) is 5.75 Å². The number of carbonyl (C=O) groups is 1. The molecule has 0 bridgehead atoms. The molecule has 8 heteroatoms. The van der Waals surface area contributed by atoms with Crippen LogP contribution in [0.2, 0.25) is 5.02 Å². The number of hydrogen-bond acceptors (Lipinski definition) is 4. The van der Waals surface area contributed by atoms with Gasteiger partial charge in [0.1, 0.15) is 11.3 Å². The van der Waals surface area contributed by atoms with Crippen molar-refractivity contribution in [1.29, 1.82) is 0 Å². The first-order valence-corrected chi connectivity index (χ1v) is 8.13. The van der Waals surface area contributed by atoms with E-state index < -0.39 is 21.5 Å². The van der Waals surface area contributed by atoms with E-state index >= 15 is 0 Å². The van der Waals surface area contributed by atoms with Crippen LogP contribution in [0.3, 0.4) is 0 Å². The minimum atomic E-state index is -4.00. The van der Waals surface area contributed by atoms with Gasteiger partial charge < -0.3 is 9.84 Å². The van der Waals surface area contributed by atoms with Crippen LogP contribution in [0.25, 0.3) is 0 Å². The molecule has 1 unspecified atom stereocenters. The summed E-state index contributed by atoms with van der Waals surface area (Å²) in [4.78, 5) is 11.2. The summed E-state index contributed by atoms with van der Waals surface area (Å²) in [6.07, 6.45) is 0.695. The van der Waals surface area contributed by atoms with Gasteiger partial charge in [0.2, 0.25) is 10.0 Å². The second kappa shape index (κ2) is 6.64. The van der Waals surface area contributed by atoms with Crippen molar-refractivity contribution >= 4 is 27.6 Å². The van der Waals surface area contributed by atoms with E-state index in [1.165, 1.54) is 32.2 Å². The van der Waals surface area contributed by atoms with Gasteiger partial charge >= 0.3 is 5.97 Å². The molecular weight excluding hydrogens is 318 g/mol. The Kier molecular flexibility index (Phi) is 5.61. The normalized spacial score (nSPS) is 14.5. The maximum atomic E-state index is 12.3. The fourth-order valence-corrected chi connectivity index (χ4v) is 3.61. The fourth-order valence-electron chi connectivity index (χ4n) is 1.87. The molecule has 0 saturated heterocycles. The number of aliphatic carboxylic acids is 1. The van der Waals surface area contributed by atoms with Gasteiger partial charge in [-0.25, -0.2) is 8.42 Å². The molecule has 0 amide bonds. The van der Waals surface area contributed by atoms with Gasteiger partial charge in [-0.15, -0.1) is 0 Å². The van der Waals surface area contributed by atoms with Crippen LogP contribution >= 0.6 is 11.6 Å². The van der Waals surface area contributed by atoms with Crippen LogP contribution < -0.4 is 9.46 Å². The number of benzene rings is 1. The van der Waals surface area contributed by atoms with E-state index in [9.17, 15) is 18.3 Å². The summed E-state index contributed by atoms with van der Waals surface area (Å²) in [5.74, 6) is -0.891. The molecule has 1 aromatic carbocycles. The second-order valence-electron chi connectivity index (χ2n) is 4.79. The first-order chi connectivity index (χ1) is 9.66. The minimum Gasteiger partial charge on any atom is -0.495 e. The molecule has 0 spiro atoms. The Morgan fingerprint density at radius 1 is 1.48 bits per heavy atom. The Morgan fingerprint density at radius 3 is 2.52 bits per heavy atom. The lowest BCUT2D eigenvalue weighted by molar-refractivity contribution is -0.143. The molecule has 1 atom stereocenters. The second-order valence-corrected chi connectivity index (χ2v) is 6.88. The van der Waals surface area contributed by atoms with Gasteiger partial charge in [-0.2, -0.15) is 4.72 Å². The lowest BCUT2D eigenvalue weighted by Crippen LogP contribution is -2.51. The number of carboxylic acids is 1. The van der Waals surface area contributed by atoms with Gasteiger partial charge in [0.25, 0.3) is 0 Å². The average Bonchev–Trinajstić information content (AvgIpc) is 2.38. The summed E-state index contributed by atoms with van der Waals surface area (Å²) in [7, 11) is -2.59. The zero-order valence-corrected chi connectivity index (χ0v) is 13.6. The van der Waals surface area contributed by atoms with Gasteiger partial charge in [-0.05, 0) is 31.5 Å². The number of hydrogen-bond donors (Lipinski definition) is 2. The Morgan fingerprint density at radius 2 is 2.10 bits per heavy atom. The largest absolute Gasteiger partial charge is 0.495 e. The maximum Gasteiger partial charge on any atom is 0.324 e. The number of ether oxygens (including phenoxy) is 1. The van der Waals surface area contributed by atoms with Crippen LogP contribution in [0.15, 0.2) is 23.1 Å². The standard InChI is InChI=1S/C13H18ClNO5S/c1-4-7-13(2,12(16)17)15-21(18,19)9-5-6-11(20-3)10(14)8-9/h5-6,8,15H,4,7H2,1-3H3,(H,16,17). The predicted octanol–water partition coefficient (Wildman–Crippen LogP) is 2.27. The van der Waals surface area contributed by atoms with Crippen molar-refractivity contribution in [3.63, 3.8) is 0 Å². The van der Waals surface area contributed by atoms with Crippen molar-refractivity contribution in [1.82, 2.24) is 4.72 Å². The number of sulfonamides is 1. The van der Waals surface area contributed by atoms with Gasteiger partial charge in [0, 0.05) is 0 Å². The number of methoxy groups -OCH3 is 1. The van der Waals surface area contributed by atoms with Crippen LogP contribution in [0, 0.1) is 0 Å². The molecule has 2 N–H and O–H groups in total. The number of carboxylic acid groups (broad SMARTS) is 1.